The van der Waals surface area contributed by atoms with E-state index in [1.807, 2.05) is 61.0 Å². The summed E-state index contributed by atoms with van der Waals surface area (Å²) in [5.41, 5.74) is 4.61. The number of amides is 1. The molecule has 0 spiro atoms. The van der Waals surface area contributed by atoms with Crippen molar-refractivity contribution in [2.45, 2.75) is 32.1 Å². The van der Waals surface area contributed by atoms with Gasteiger partial charge in [-0.25, -0.2) is 9.07 Å². The van der Waals surface area contributed by atoms with Gasteiger partial charge in [0.15, 0.2) is 0 Å². The molecular weight excluding hydrogens is 341 g/mol. The van der Waals surface area contributed by atoms with Gasteiger partial charge < -0.3 is 5.32 Å². The van der Waals surface area contributed by atoms with Crippen LogP contribution in [-0.2, 0) is 5.41 Å². The summed E-state index contributed by atoms with van der Waals surface area (Å²) in [5, 5.41) is 7.50. The zero-order chi connectivity index (χ0) is 19.0. The van der Waals surface area contributed by atoms with E-state index in [0.717, 1.165) is 35.5 Å². The van der Waals surface area contributed by atoms with Crippen LogP contribution < -0.4 is 5.32 Å². The topological polar surface area (TPSA) is 46.9 Å². The van der Waals surface area contributed by atoms with E-state index in [2.05, 4.69) is 10.4 Å². The molecule has 1 aliphatic carbocycles. The Morgan fingerprint density at radius 3 is 2.33 bits per heavy atom. The van der Waals surface area contributed by atoms with Gasteiger partial charge in [-0.05, 0) is 74.7 Å². The van der Waals surface area contributed by atoms with Gasteiger partial charge in [-0.15, -0.1) is 0 Å². The molecule has 0 radical (unpaired) electrons. The fraction of sp³-hybridized carbons (Fsp3) is 0.273. The Bertz CT molecular complexity index is 970. The third-order valence-corrected chi connectivity index (χ3v) is 5.28. The Balaban J connectivity index is 1.43. The maximum absolute atomic E-state index is 13.1. The van der Waals surface area contributed by atoms with E-state index in [0.29, 0.717) is 12.1 Å². The first-order valence-electron chi connectivity index (χ1n) is 9.15. The van der Waals surface area contributed by atoms with Gasteiger partial charge in [0.2, 0.25) is 0 Å². The van der Waals surface area contributed by atoms with E-state index in [4.69, 9.17) is 0 Å². The molecular formula is C22H22FN3O. The van der Waals surface area contributed by atoms with Crippen LogP contribution in [0.4, 0.5) is 4.39 Å². The molecule has 1 amide bonds. The number of aromatic nitrogens is 2. The summed E-state index contributed by atoms with van der Waals surface area (Å²) < 4.78 is 15.0. The molecule has 0 atom stereocenters. The maximum atomic E-state index is 13.1. The molecule has 0 saturated heterocycles. The van der Waals surface area contributed by atoms with Gasteiger partial charge in [-0.3, -0.25) is 4.79 Å². The van der Waals surface area contributed by atoms with Gasteiger partial charge in [0.25, 0.3) is 5.91 Å². The highest BCUT2D eigenvalue weighted by Gasteiger charge is 2.44. The molecule has 138 valence electrons. The van der Waals surface area contributed by atoms with Crippen molar-refractivity contribution < 1.29 is 9.18 Å². The van der Waals surface area contributed by atoms with Crippen molar-refractivity contribution in [2.75, 3.05) is 6.54 Å². The SMILES string of the molecule is Cc1cc(C)n(-c2ccc(C(=O)NCC3(c4ccc(F)cc4)CC3)cc2)n1. The summed E-state index contributed by atoms with van der Waals surface area (Å²) in [5.74, 6) is -0.329. The van der Waals surface area contributed by atoms with Crippen LogP contribution in [0.5, 0.6) is 0 Å². The summed E-state index contributed by atoms with van der Waals surface area (Å²) in [6.45, 7) is 4.53. The summed E-state index contributed by atoms with van der Waals surface area (Å²) >= 11 is 0. The molecule has 1 saturated carbocycles. The largest absolute Gasteiger partial charge is 0.351 e. The lowest BCUT2D eigenvalue weighted by atomic mass is 9.96. The number of carbonyl (C=O) groups is 1. The van der Waals surface area contributed by atoms with Crippen LogP contribution in [0.3, 0.4) is 0 Å². The van der Waals surface area contributed by atoms with Gasteiger partial charge in [0.1, 0.15) is 5.82 Å². The quantitative estimate of drug-likeness (QED) is 0.742. The van der Waals surface area contributed by atoms with E-state index in [1.165, 1.54) is 12.1 Å². The molecule has 0 bridgehead atoms. The average molecular weight is 363 g/mol. The lowest BCUT2D eigenvalue weighted by Crippen LogP contribution is -2.32. The molecule has 2 aromatic carbocycles. The second-order valence-electron chi connectivity index (χ2n) is 7.36. The fourth-order valence-corrected chi connectivity index (χ4v) is 3.52. The highest BCUT2D eigenvalue weighted by molar-refractivity contribution is 5.94. The predicted molar refractivity (Wildman–Crippen MR) is 103 cm³/mol. The van der Waals surface area contributed by atoms with Crippen LogP contribution in [0.15, 0.2) is 54.6 Å². The smallest absolute Gasteiger partial charge is 0.251 e. The zero-order valence-corrected chi connectivity index (χ0v) is 15.5. The second kappa shape index (κ2) is 6.65. The molecule has 4 rings (SSSR count). The third-order valence-electron chi connectivity index (χ3n) is 5.28. The Kier molecular flexibility index (Phi) is 4.30. The van der Waals surface area contributed by atoms with E-state index < -0.39 is 0 Å². The number of rotatable bonds is 5. The van der Waals surface area contributed by atoms with E-state index in [-0.39, 0.29) is 17.1 Å². The molecule has 1 heterocycles. The Morgan fingerprint density at radius 1 is 1.11 bits per heavy atom. The highest BCUT2D eigenvalue weighted by Crippen LogP contribution is 2.47. The summed E-state index contributed by atoms with van der Waals surface area (Å²) in [4.78, 5) is 12.5. The molecule has 5 heteroatoms. The standard InChI is InChI=1S/C22H22FN3O/c1-15-13-16(2)26(25-15)20-9-3-17(4-10-20)21(27)24-14-22(11-12-22)18-5-7-19(23)8-6-18/h3-10,13H,11-12,14H2,1-2H3,(H,24,27). The minimum absolute atomic E-state index is 0.0486. The fourth-order valence-electron chi connectivity index (χ4n) is 3.52. The van der Waals surface area contributed by atoms with Gasteiger partial charge >= 0.3 is 0 Å². The van der Waals surface area contributed by atoms with Crippen molar-refractivity contribution in [3.8, 4) is 5.69 Å². The molecule has 1 fully saturated rings. The molecule has 3 aromatic rings. The van der Waals surface area contributed by atoms with Gasteiger partial charge in [0, 0.05) is 23.2 Å². The van der Waals surface area contributed by atoms with Crippen molar-refractivity contribution >= 4 is 5.91 Å². The third kappa shape index (κ3) is 3.50. The first kappa shape index (κ1) is 17.5. The van der Waals surface area contributed by atoms with Crippen molar-refractivity contribution in [1.29, 1.82) is 0 Å². The lowest BCUT2D eigenvalue weighted by molar-refractivity contribution is 0.0949. The summed E-state index contributed by atoms with van der Waals surface area (Å²) in [7, 11) is 0. The second-order valence-corrected chi connectivity index (χ2v) is 7.36. The van der Waals surface area contributed by atoms with Crippen LogP contribution in [-0.4, -0.2) is 22.2 Å². The molecule has 1 aliphatic rings. The molecule has 27 heavy (non-hydrogen) atoms. The maximum Gasteiger partial charge on any atom is 0.251 e. The van der Waals surface area contributed by atoms with Crippen LogP contribution >= 0.6 is 0 Å². The first-order chi connectivity index (χ1) is 13.0. The van der Waals surface area contributed by atoms with Crippen LogP contribution in [0, 0.1) is 19.7 Å². The van der Waals surface area contributed by atoms with Crippen molar-refractivity contribution in [3.63, 3.8) is 0 Å². The molecule has 0 unspecified atom stereocenters. The predicted octanol–water partition coefficient (Wildman–Crippen LogP) is 4.09. The molecule has 0 aliphatic heterocycles. The average Bonchev–Trinajstić information content (AvgIpc) is 3.38. The van der Waals surface area contributed by atoms with Crippen molar-refractivity contribution in [3.05, 3.63) is 82.9 Å². The van der Waals surface area contributed by atoms with E-state index in [1.54, 1.807) is 0 Å². The number of nitrogens with one attached hydrogen (secondary N) is 1. The molecule has 1 aromatic heterocycles. The normalized spacial score (nSPS) is 14.8. The Morgan fingerprint density at radius 2 is 1.78 bits per heavy atom. The summed E-state index contributed by atoms with van der Waals surface area (Å²) in [6, 6.07) is 16.1. The van der Waals surface area contributed by atoms with Gasteiger partial charge in [-0.1, -0.05) is 12.1 Å². The Labute approximate surface area is 158 Å². The number of halogens is 1. The van der Waals surface area contributed by atoms with Crippen molar-refractivity contribution in [2.24, 2.45) is 0 Å². The van der Waals surface area contributed by atoms with E-state index >= 15 is 0 Å². The summed E-state index contributed by atoms with van der Waals surface area (Å²) in [6.07, 6.45) is 2.02. The van der Waals surface area contributed by atoms with Crippen LogP contribution in [0.2, 0.25) is 0 Å². The van der Waals surface area contributed by atoms with Crippen molar-refractivity contribution in [1.82, 2.24) is 15.1 Å². The van der Waals surface area contributed by atoms with Crippen LogP contribution in [0.25, 0.3) is 5.69 Å². The molecule has 4 nitrogen and oxygen atoms in total. The van der Waals surface area contributed by atoms with Gasteiger partial charge in [-0.2, -0.15) is 5.10 Å². The number of carbonyl (C=O) groups excluding carboxylic acids is 1. The van der Waals surface area contributed by atoms with Gasteiger partial charge in [0.05, 0.1) is 11.4 Å². The number of nitrogens with zero attached hydrogens (tertiary/aromatic N) is 2. The number of hydrogen-bond acceptors (Lipinski definition) is 2. The monoisotopic (exact) mass is 363 g/mol. The lowest BCUT2D eigenvalue weighted by Gasteiger charge is -2.17. The minimum Gasteiger partial charge on any atom is -0.351 e. The Hall–Kier alpha value is -2.95. The highest BCUT2D eigenvalue weighted by atomic mass is 19.1. The number of hydrogen-bond donors (Lipinski definition) is 1. The first-order valence-corrected chi connectivity index (χ1v) is 9.15. The van der Waals surface area contributed by atoms with E-state index in [9.17, 15) is 9.18 Å². The molecule has 1 N–H and O–H groups in total. The minimum atomic E-state index is -0.235. The zero-order valence-electron chi connectivity index (χ0n) is 15.5. The van der Waals surface area contributed by atoms with Crippen LogP contribution in [0.1, 0.15) is 40.2 Å². The number of benzene rings is 2. The number of aryl methyl sites for hydroxylation is 2.